The van der Waals surface area contributed by atoms with Crippen molar-refractivity contribution in [1.82, 2.24) is 4.98 Å². The molecule has 0 saturated heterocycles. The first-order chi connectivity index (χ1) is 9.58. The van der Waals surface area contributed by atoms with Crippen molar-refractivity contribution in [3.8, 4) is 0 Å². The normalized spacial score (nSPS) is 9.95. The van der Waals surface area contributed by atoms with Gasteiger partial charge in [-0.3, -0.25) is 5.32 Å². The van der Waals surface area contributed by atoms with Gasteiger partial charge >= 0.3 is 6.09 Å². The van der Waals surface area contributed by atoms with Gasteiger partial charge in [-0.1, -0.05) is 17.7 Å². The Morgan fingerprint density at radius 1 is 1.30 bits per heavy atom. The van der Waals surface area contributed by atoms with E-state index in [-0.39, 0.29) is 0 Å². The Morgan fingerprint density at radius 2 is 2.10 bits per heavy atom. The molecule has 0 atom stereocenters. The van der Waals surface area contributed by atoms with Gasteiger partial charge in [0.05, 0.1) is 19.0 Å². The largest absolute Gasteiger partial charge is 0.453 e. The number of halogens is 1. The van der Waals surface area contributed by atoms with Gasteiger partial charge in [-0.2, -0.15) is 0 Å². The van der Waals surface area contributed by atoms with Gasteiger partial charge in [0.15, 0.2) is 0 Å². The van der Waals surface area contributed by atoms with Crippen LogP contribution >= 0.6 is 11.6 Å². The molecule has 1 aromatic carbocycles. The quantitative estimate of drug-likeness (QED) is 0.898. The number of hydrogen-bond donors (Lipinski definition) is 2. The van der Waals surface area contributed by atoms with Gasteiger partial charge in [0.1, 0.15) is 5.82 Å². The fraction of sp³-hybridized carbons (Fsp3) is 0.143. The predicted octanol–water partition coefficient (Wildman–Crippen LogP) is 3.97. The fourth-order valence-corrected chi connectivity index (χ4v) is 1.75. The number of aryl methyl sites for hydroxylation is 1. The molecule has 104 valence electrons. The van der Waals surface area contributed by atoms with Crippen molar-refractivity contribution in [2.75, 3.05) is 17.7 Å². The van der Waals surface area contributed by atoms with Crippen LogP contribution in [0.1, 0.15) is 5.56 Å². The van der Waals surface area contributed by atoms with Gasteiger partial charge in [-0.05, 0) is 36.8 Å². The van der Waals surface area contributed by atoms with Crippen LogP contribution in [0.4, 0.5) is 22.0 Å². The monoisotopic (exact) mass is 291 g/mol. The number of nitrogens with zero attached hydrogens (tertiary/aromatic N) is 1. The maximum Gasteiger partial charge on any atom is 0.411 e. The van der Waals surface area contributed by atoms with Gasteiger partial charge in [-0.15, -0.1) is 0 Å². The second kappa shape index (κ2) is 6.25. The van der Waals surface area contributed by atoms with Crippen LogP contribution < -0.4 is 10.6 Å². The molecule has 2 rings (SSSR count). The zero-order valence-electron chi connectivity index (χ0n) is 11.1. The molecule has 0 aliphatic rings. The molecule has 0 saturated carbocycles. The molecule has 1 heterocycles. The zero-order chi connectivity index (χ0) is 14.5. The summed E-state index contributed by atoms with van der Waals surface area (Å²) in [5, 5.41) is 6.35. The van der Waals surface area contributed by atoms with E-state index in [2.05, 4.69) is 20.4 Å². The third-order valence-corrected chi connectivity index (χ3v) is 2.89. The Morgan fingerprint density at radius 3 is 2.75 bits per heavy atom. The van der Waals surface area contributed by atoms with Crippen LogP contribution in [-0.4, -0.2) is 18.2 Å². The molecular weight excluding hydrogens is 278 g/mol. The number of aromatic nitrogens is 1. The summed E-state index contributed by atoms with van der Waals surface area (Å²) >= 11 is 5.96. The molecule has 5 nitrogen and oxygen atoms in total. The van der Waals surface area contributed by atoms with Crippen molar-refractivity contribution in [3.05, 3.63) is 47.1 Å². The minimum atomic E-state index is -0.529. The second-order valence-electron chi connectivity index (χ2n) is 4.13. The van der Waals surface area contributed by atoms with Crippen LogP contribution in [0.5, 0.6) is 0 Å². The van der Waals surface area contributed by atoms with Gasteiger partial charge in [-0.25, -0.2) is 9.78 Å². The van der Waals surface area contributed by atoms with Crippen molar-refractivity contribution in [2.24, 2.45) is 0 Å². The first-order valence-electron chi connectivity index (χ1n) is 5.92. The predicted molar refractivity (Wildman–Crippen MR) is 79.7 cm³/mol. The summed E-state index contributed by atoms with van der Waals surface area (Å²) in [6, 6.07) is 9.08. The van der Waals surface area contributed by atoms with Crippen LogP contribution in [0.2, 0.25) is 5.02 Å². The number of methoxy groups -OCH3 is 1. The highest BCUT2D eigenvalue weighted by molar-refractivity contribution is 6.30. The van der Waals surface area contributed by atoms with Gasteiger partial charge in [0, 0.05) is 10.7 Å². The number of carbonyl (C=O) groups excluding carboxylic acids is 1. The lowest BCUT2D eigenvalue weighted by molar-refractivity contribution is 0.187. The SMILES string of the molecule is COC(=O)Nc1ccc(Nc2cc(Cl)ccc2C)nc1. The average Bonchev–Trinajstić information content (AvgIpc) is 2.45. The molecule has 1 amide bonds. The van der Waals surface area contributed by atoms with Crippen LogP contribution in [0.3, 0.4) is 0 Å². The average molecular weight is 292 g/mol. The highest BCUT2D eigenvalue weighted by atomic mass is 35.5. The number of carbonyl (C=O) groups is 1. The van der Waals surface area contributed by atoms with Crippen molar-refractivity contribution in [1.29, 1.82) is 0 Å². The van der Waals surface area contributed by atoms with E-state index in [4.69, 9.17) is 11.6 Å². The third-order valence-electron chi connectivity index (χ3n) is 2.66. The number of amides is 1. The van der Waals surface area contributed by atoms with Crippen molar-refractivity contribution >= 4 is 34.9 Å². The van der Waals surface area contributed by atoms with Crippen molar-refractivity contribution in [3.63, 3.8) is 0 Å². The highest BCUT2D eigenvalue weighted by Gasteiger charge is 2.03. The molecule has 6 heteroatoms. The van der Waals surface area contributed by atoms with Crippen LogP contribution in [0.25, 0.3) is 0 Å². The minimum absolute atomic E-state index is 0.529. The summed E-state index contributed by atoms with van der Waals surface area (Å²) in [5.74, 6) is 0.658. The van der Waals surface area contributed by atoms with Crippen LogP contribution in [-0.2, 0) is 4.74 Å². The Balaban J connectivity index is 2.10. The molecule has 0 spiro atoms. The molecule has 0 aliphatic heterocycles. The van der Waals surface area contributed by atoms with E-state index in [1.54, 1.807) is 18.3 Å². The standard InChI is InChI=1S/C14H14ClN3O2/c1-9-3-4-10(15)7-12(9)18-13-6-5-11(8-16-13)17-14(19)20-2/h3-8H,1-2H3,(H,16,18)(H,17,19). The fourth-order valence-electron chi connectivity index (χ4n) is 1.58. The summed E-state index contributed by atoms with van der Waals surface area (Å²) in [5.41, 5.74) is 2.51. The van der Waals surface area contributed by atoms with Gasteiger partial charge < -0.3 is 10.1 Å². The summed E-state index contributed by atoms with van der Waals surface area (Å²) in [7, 11) is 1.31. The lowest BCUT2D eigenvalue weighted by Crippen LogP contribution is -2.11. The molecular formula is C14H14ClN3O2. The van der Waals surface area contributed by atoms with Crippen molar-refractivity contribution in [2.45, 2.75) is 6.92 Å². The first kappa shape index (κ1) is 14.1. The molecule has 2 N–H and O–H groups in total. The molecule has 0 unspecified atom stereocenters. The maximum absolute atomic E-state index is 11.0. The summed E-state index contributed by atoms with van der Waals surface area (Å²) in [6.07, 6.45) is 1.01. The molecule has 2 aromatic rings. The number of benzene rings is 1. The number of ether oxygens (including phenoxy) is 1. The zero-order valence-corrected chi connectivity index (χ0v) is 11.9. The molecule has 1 aromatic heterocycles. The summed E-state index contributed by atoms with van der Waals surface area (Å²) < 4.78 is 4.50. The molecule has 20 heavy (non-hydrogen) atoms. The number of nitrogens with one attached hydrogen (secondary N) is 2. The first-order valence-corrected chi connectivity index (χ1v) is 6.30. The van der Waals surface area contributed by atoms with E-state index in [1.807, 2.05) is 25.1 Å². The second-order valence-corrected chi connectivity index (χ2v) is 4.57. The summed E-state index contributed by atoms with van der Waals surface area (Å²) in [6.45, 7) is 1.98. The van der Waals surface area contributed by atoms with E-state index in [1.165, 1.54) is 7.11 Å². The van der Waals surface area contributed by atoms with E-state index in [0.717, 1.165) is 11.3 Å². The van der Waals surface area contributed by atoms with Crippen LogP contribution in [0, 0.1) is 6.92 Å². The van der Waals surface area contributed by atoms with Gasteiger partial charge in [0.25, 0.3) is 0 Å². The highest BCUT2D eigenvalue weighted by Crippen LogP contribution is 2.23. The topological polar surface area (TPSA) is 63.2 Å². The van der Waals surface area contributed by atoms with E-state index in [0.29, 0.717) is 16.5 Å². The van der Waals surface area contributed by atoms with E-state index >= 15 is 0 Å². The Hall–Kier alpha value is -2.27. The molecule has 0 fully saturated rings. The number of rotatable bonds is 3. The lowest BCUT2D eigenvalue weighted by atomic mass is 10.2. The van der Waals surface area contributed by atoms with Crippen LogP contribution in [0.15, 0.2) is 36.5 Å². The lowest BCUT2D eigenvalue weighted by Gasteiger charge is -2.10. The smallest absolute Gasteiger partial charge is 0.411 e. The van der Waals surface area contributed by atoms with Gasteiger partial charge in [0.2, 0.25) is 0 Å². The van der Waals surface area contributed by atoms with Crippen molar-refractivity contribution < 1.29 is 9.53 Å². The molecule has 0 radical (unpaired) electrons. The van der Waals surface area contributed by atoms with E-state index in [9.17, 15) is 4.79 Å². The molecule has 0 bridgehead atoms. The number of pyridine rings is 1. The Labute approximate surface area is 121 Å². The minimum Gasteiger partial charge on any atom is -0.453 e. The number of hydrogen-bond acceptors (Lipinski definition) is 4. The van der Waals surface area contributed by atoms with E-state index < -0.39 is 6.09 Å². The Kier molecular flexibility index (Phi) is 4.42. The Bertz CT molecular complexity index is 614. The number of anilines is 3. The molecule has 0 aliphatic carbocycles. The summed E-state index contributed by atoms with van der Waals surface area (Å²) in [4.78, 5) is 15.3. The maximum atomic E-state index is 11.0. The third kappa shape index (κ3) is 3.61.